The SMILES string of the molecule is CC(=O)NCCc1ccc(S(=O)(=O)NCC(C)(C)N)s1. The molecule has 20 heavy (non-hydrogen) atoms. The average molecular weight is 319 g/mol. The first-order chi connectivity index (χ1) is 9.10. The molecular weight excluding hydrogens is 298 g/mol. The number of sulfonamides is 1. The highest BCUT2D eigenvalue weighted by Crippen LogP contribution is 2.21. The second kappa shape index (κ2) is 6.66. The van der Waals surface area contributed by atoms with Crippen LogP contribution in [0.4, 0.5) is 0 Å². The van der Waals surface area contributed by atoms with E-state index in [1.807, 2.05) is 0 Å². The van der Waals surface area contributed by atoms with Crippen LogP contribution >= 0.6 is 11.3 Å². The number of amides is 1. The van der Waals surface area contributed by atoms with Crippen molar-refractivity contribution in [2.24, 2.45) is 5.73 Å². The van der Waals surface area contributed by atoms with E-state index >= 15 is 0 Å². The van der Waals surface area contributed by atoms with Gasteiger partial charge in [-0.25, -0.2) is 13.1 Å². The van der Waals surface area contributed by atoms with Crippen molar-refractivity contribution in [2.75, 3.05) is 13.1 Å². The Morgan fingerprint density at radius 3 is 2.60 bits per heavy atom. The summed E-state index contributed by atoms with van der Waals surface area (Å²) < 4.78 is 26.9. The molecule has 1 amide bonds. The van der Waals surface area contributed by atoms with Crippen LogP contribution in [-0.4, -0.2) is 33.0 Å². The lowest BCUT2D eigenvalue weighted by Crippen LogP contribution is -2.44. The molecule has 0 saturated heterocycles. The number of carbonyl (C=O) groups is 1. The lowest BCUT2D eigenvalue weighted by molar-refractivity contribution is -0.118. The fraction of sp³-hybridized carbons (Fsp3) is 0.583. The van der Waals surface area contributed by atoms with Gasteiger partial charge < -0.3 is 11.1 Å². The van der Waals surface area contributed by atoms with Crippen LogP contribution in [-0.2, 0) is 21.2 Å². The summed E-state index contributed by atoms with van der Waals surface area (Å²) in [7, 11) is -3.51. The Labute approximate surface area is 123 Å². The highest BCUT2D eigenvalue weighted by Gasteiger charge is 2.20. The summed E-state index contributed by atoms with van der Waals surface area (Å²) in [6.07, 6.45) is 0.613. The molecule has 8 heteroatoms. The number of hydrogen-bond acceptors (Lipinski definition) is 5. The lowest BCUT2D eigenvalue weighted by atomic mass is 10.1. The standard InChI is InChI=1S/C12H21N3O3S2/c1-9(16)14-7-6-10-4-5-11(19-10)20(17,18)15-8-12(2,3)13/h4-5,15H,6-8,13H2,1-3H3,(H,14,16). The zero-order valence-corrected chi connectivity index (χ0v) is 13.5. The van der Waals surface area contributed by atoms with E-state index < -0.39 is 15.6 Å². The predicted molar refractivity (Wildman–Crippen MR) is 80.2 cm³/mol. The molecule has 1 aromatic rings. The minimum absolute atomic E-state index is 0.0961. The van der Waals surface area contributed by atoms with E-state index in [0.717, 1.165) is 4.88 Å². The van der Waals surface area contributed by atoms with E-state index in [0.29, 0.717) is 13.0 Å². The molecular formula is C12H21N3O3S2. The van der Waals surface area contributed by atoms with Gasteiger partial charge in [0.25, 0.3) is 0 Å². The van der Waals surface area contributed by atoms with Crippen molar-refractivity contribution in [3.05, 3.63) is 17.0 Å². The Balaban J connectivity index is 2.63. The third-order valence-electron chi connectivity index (χ3n) is 2.37. The number of nitrogens with one attached hydrogen (secondary N) is 2. The molecule has 0 bridgehead atoms. The summed E-state index contributed by atoms with van der Waals surface area (Å²) in [5.41, 5.74) is 5.16. The van der Waals surface area contributed by atoms with Gasteiger partial charge in [-0.15, -0.1) is 11.3 Å². The minimum Gasteiger partial charge on any atom is -0.356 e. The second-order valence-electron chi connectivity index (χ2n) is 5.27. The van der Waals surface area contributed by atoms with Gasteiger partial charge in [-0.1, -0.05) is 0 Å². The summed E-state index contributed by atoms with van der Waals surface area (Å²) in [6.45, 7) is 5.63. The van der Waals surface area contributed by atoms with Crippen LogP contribution < -0.4 is 15.8 Å². The molecule has 4 N–H and O–H groups in total. The first kappa shape index (κ1) is 17.1. The van der Waals surface area contributed by atoms with Gasteiger partial charge in [-0.2, -0.15) is 0 Å². The van der Waals surface area contributed by atoms with Crippen molar-refractivity contribution in [1.29, 1.82) is 0 Å². The maximum Gasteiger partial charge on any atom is 0.250 e. The molecule has 1 aromatic heterocycles. The Morgan fingerprint density at radius 1 is 1.40 bits per heavy atom. The van der Waals surface area contributed by atoms with Gasteiger partial charge in [0.15, 0.2) is 0 Å². The number of carbonyl (C=O) groups excluding carboxylic acids is 1. The highest BCUT2D eigenvalue weighted by atomic mass is 32.2. The third kappa shape index (κ3) is 6.00. The van der Waals surface area contributed by atoms with Crippen LogP contribution in [0.25, 0.3) is 0 Å². The largest absolute Gasteiger partial charge is 0.356 e. The molecule has 6 nitrogen and oxygen atoms in total. The van der Waals surface area contributed by atoms with Crippen molar-refractivity contribution in [2.45, 2.75) is 36.9 Å². The first-order valence-corrected chi connectivity index (χ1v) is 8.52. The predicted octanol–water partition coefficient (Wildman–Crippen LogP) is 0.442. The van der Waals surface area contributed by atoms with Crippen LogP contribution in [0.2, 0.25) is 0 Å². The van der Waals surface area contributed by atoms with E-state index in [-0.39, 0.29) is 16.7 Å². The fourth-order valence-electron chi connectivity index (χ4n) is 1.35. The molecule has 0 aliphatic heterocycles. The third-order valence-corrected chi connectivity index (χ3v) is 5.40. The van der Waals surface area contributed by atoms with Crippen LogP contribution in [0.5, 0.6) is 0 Å². The molecule has 114 valence electrons. The van der Waals surface area contributed by atoms with Gasteiger partial charge in [-0.3, -0.25) is 4.79 Å². The van der Waals surface area contributed by atoms with Gasteiger partial charge >= 0.3 is 0 Å². The van der Waals surface area contributed by atoms with E-state index in [4.69, 9.17) is 5.73 Å². The van der Waals surface area contributed by atoms with E-state index in [1.165, 1.54) is 18.3 Å². The molecule has 0 aromatic carbocycles. The van der Waals surface area contributed by atoms with Crippen LogP contribution in [0, 0.1) is 0 Å². The molecule has 0 saturated carbocycles. The van der Waals surface area contributed by atoms with E-state index in [1.54, 1.807) is 26.0 Å². The molecule has 0 fully saturated rings. The molecule has 1 heterocycles. The highest BCUT2D eigenvalue weighted by molar-refractivity contribution is 7.91. The Kier molecular flexibility index (Phi) is 5.69. The zero-order valence-electron chi connectivity index (χ0n) is 11.9. The Bertz CT molecular complexity index is 559. The van der Waals surface area contributed by atoms with Gasteiger partial charge in [-0.05, 0) is 32.4 Å². The van der Waals surface area contributed by atoms with Crippen molar-refractivity contribution in [1.82, 2.24) is 10.0 Å². The number of rotatable bonds is 7. The number of thiophene rings is 1. The fourth-order valence-corrected chi connectivity index (χ4v) is 3.97. The lowest BCUT2D eigenvalue weighted by Gasteiger charge is -2.18. The molecule has 0 radical (unpaired) electrons. The van der Waals surface area contributed by atoms with Crippen LogP contribution in [0.3, 0.4) is 0 Å². The molecule has 0 spiro atoms. The summed E-state index contributed by atoms with van der Waals surface area (Å²) in [6, 6.07) is 3.33. The Morgan fingerprint density at radius 2 is 2.05 bits per heavy atom. The normalized spacial score (nSPS) is 12.4. The van der Waals surface area contributed by atoms with Crippen molar-refractivity contribution in [3.8, 4) is 0 Å². The average Bonchev–Trinajstić information content (AvgIpc) is 2.75. The van der Waals surface area contributed by atoms with E-state index in [2.05, 4.69) is 10.0 Å². The Hall–Kier alpha value is -0.960. The van der Waals surface area contributed by atoms with Crippen molar-refractivity contribution < 1.29 is 13.2 Å². The first-order valence-electron chi connectivity index (χ1n) is 6.22. The number of nitrogens with two attached hydrogens (primary N) is 1. The van der Waals surface area contributed by atoms with Gasteiger partial charge in [0.2, 0.25) is 15.9 Å². The summed E-state index contributed by atoms with van der Waals surface area (Å²) in [4.78, 5) is 11.7. The van der Waals surface area contributed by atoms with E-state index in [9.17, 15) is 13.2 Å². The quantitative estimate of drug-likeness (QED) is 0.679. The maximum absolute atomic E-state index is 12.0. The van der Waals surface area contributed by atoms with Gasteiger partial charge in [0.05, 0.1) is 0 Å². The second-order valence-corrected chi connectivity index (χ2v) is 8.43. The molecule has 1 rings (SSSR count). The van der Waals surface area contributed by atoms with Crippen LogP contribution in [0.15, 0.2) is 16.3 Å². The van der Waals surface area contributed by atoms with Crippen LogP contribution in [0.1, 0.15) is 25.6 Å². The minimum atomic E-state index is -3.51. The zero-order chi connectivity index (χ0) is 15.4. The van der Waals surface area contributed by atoms with Crippen molar-refractivity contribution in [3.63, 3.8) is 0 Å². The van der Waals surface area contributed by atoms with Crippen molar-refractivity contribution >= 4 is 27.3 Å². The summed E-state index contributed by atoms with van der Waals surface area (Å²) in [5.74, 6) is -0.0961. The monoisotopic (exact) mass is 319 g/mol. The smallest absolute Gasteiger partial charge is 0.250 e. The van der Waals surface area contributed by atoms with Gasteiger partial charge in [0.1, 0.15) is 4.21 Å². The topological polar surface area (TPSA) is 101 Å². The molecule has 0 aliphatic rings. The molecule has 0 aliphatic carbocycles. The molecule has 0 atom stereocenters. The molecule has 0 unspecified atom stereocenters. The summed E-state index contributed by atoms with van der Waals surface area (Å²) in [5, 5.41) is 2.67. The van der Waals surface area contributed by atoms with Gasteiger partial charge in [0, 0.05) is 30.4 Å². The number of hydrogen-bond donors (Lipinski definition) is 3. The maximum atomic E-state index is 12.0. The summed E-state index contributed by atoms with van der Waals surface area (Å²) >= 11 is 1.20.